The fourth-order valence-corrected chi connectivity index (χ4v) is 5.49. The van der Waals surface area contributed by atoms with E-state index in [9.17, 15) is 19.6 Å². The van der Waals surface area contributed by atoms with Crippen molar-refractivity contribution in [3.8, 4) is 11.8 Å². The lowest BCUT2D eigenvalue weighted by Crippen LogP contribution is -2.41. The molecule has 8 heteroatoms. The molecule has 2 aliphatic rings. The number of fused-ring (bicyclic) bond motifs is 1. The van der Waals surface area contributed by atoms with Gasteiger partial charge in [-0.1, -0.05) is 38.2 Å². The quantitative estimate of drug-likeness (QED) is 0.447. The summed E-state index contributed by atoms with van der Waals surface area (Å²) in [5, 5.41) is 16.1. The van der Waals surface area contributed by atoms with Crippen molar-refractivity contribution in [1.82, 2.24) is 15.6 Å². The second-order valence-electron chi connectivity index (χ2n) is 9.87. The number of nitrogens with one attached hydrogen (secondary N) is 3. The molecule has 3 N–H and O–H groups in total. The Morgan fingerprint density at radius 2 is 2.00 bits per heavy atom. The van der Waals surface area contributed by atoms with Crippen molar-refractivity contribution >= 4 is 28.5 Å². The van der Waals surface area contributed by atoms with Crippen molar-refractivity contribution in [1.29, 1.82) is 5.26 Å². The molecule has 35 heavy (non-hydrogen) atoms. The van der Waals surface area contributed by atoms with Gasteiger partial charge in [0.05, 0.1) is 18.9 Å². The van der Waals surface area contributed by atoms with E-state index in [-0.39, 0.29) is 29.9 Å². The van der Waals surface area contributed by atoms with Crippen molar-refractivity contribution in [2.45, 2.75) is 63.8 Å². The molecule has 0 unspecified atom stereocenters. The van der Waals surface area contributed by atoms with Gasteiger partial charge in [-0.2, -0.15) is 5.26 Å². The first-order chi connectivity index (χ1) is 17.0. The summed E-state index contributed by atoms with van der Waals surface area (Å²) in [6.07, 6.45) is 7.28. The van der Waals surface area contributed by atoms with E-state index in [0.717, 1.165) is 36.6 Å². The fourth-order valence-electron chi connectivity index (χ4n) is 5.49. The van der Waals surface area contributed by atoms with Crippen LogP contribution in [0.4, 0.5) is 0 Å². The van der Waals surface area contributed by atoms with Crippen LogP contribution in [-0.4, -0.2) is 42.3 Å². The second-order valence-corrected chi connectivity index (χ2v) is 9.87. The summed E-state index contributed by atoms with van der Waals surface area (Å²) in [6.45, 7) is 0.601. The van der Waals surface area contributed by atoms with Gasteiger partial charge >= 0.3 is 0 Å². The number of rotatable bonds is 10. The Morgan fingerprint density at radius 3 is 2.69 bits per heavy atom. The summed E-state index contributed by atoms with van der Waals surface area (Å²) in [7, 11) is 1.59. The minimum Gasteiger partial charge on any atom is -0.496 e. The Bertz CT molecular complexity index is 1110. The summed E-state index contributed by atoms with van der Waals surface area (Å²) < 4.78 is 5.40. The number of hydrogen-bond donors (Lipinski definition) is 3. The van der Waals surface area contributed by atoms with Crippen LogP contribution in [0.1, 0.15) is 68.3 Å². The van der Waals surface area contributed by atoms with E-state index in [0.29, 0.717) is 43.2 Å². The van der Waals surface area contributed by atoms with Gasteiger partial charge in [-0.05, 0) is 43.4 Å². The lowest BCUT2D eigenvalue weighted by molar-refractivity contribution is -0.127. The molecule has 8 nitrogen and oxygen atoms in total. The number of nitrogens with zero attached hydrogens (tertiary/aromatic N) is 1. The Hall–Kier alpha value is -3.34. The van der Waals surface area contributed by atoms with Gasteiger partial charge in [-0.25, -0.2) is 0 Å². The molecule has 1 saturated carbocycles. The predicted octanol–water partition coefficient (Wildman–Crippen LogP) is 3.87. The van der Waals surface area contributed by atoms with Gasteiger partial charge in [0.1, 0.15) is 11.8 Å². The summed E-state index contributed by atoms with van der Waals surface area (Å²) in [6, 6.07) is 8.75. The molecule has 1 saturated heterocycles. The molecule has 1 aromatic heterocycles. The summed E-state index contributed by atoms with van der Waals surface area (Å²) >= 11 is 0. The Kier molecular flexibility index (Phi) is 8.06. The average molecular weight is 479 g/mol. The van der Waals surface area contributed by atoms with E-state index in [4.69, 9.17) is 4.74 Å². The van der Waals surface area contributed by atoms with Gasteiger partial charge in [-0.3, -0.25) is 14.4 Å². The van der Waals surface area contributed by atoms with Crippen molar-refractivity contribution < 1.29 is 19.1 Å². The zero-order chi connectivity index (χ0) is 24.8. The minimum absolute atomic E-state index is 0.0670. The number of ketones is 1. The smallest absolute Gasteiger partial charge is 0.224 e. The number of Topliss-reactive ketones (excluding diaryl/α,β-unsaturated/α-hetero) is 1. The van der Waals surface area contributed by atoms with E-state index >= 15 is 0 Å². The van der Waals surface area contributed by atoms with Crippen LogP contribution >= 0.6 is 0 Å². The molecule has 2 fully saturated rings. The third-order valence-electron chi connectivity index (χ3n) is 7.45. The maximum absolute atomic E-state index is 13.3. The van der Waals surface area contributed by atoms with Crippen LogP contribution in [-0.2, 0) is 9.59 Å². The maximum atomic E-state index is 13.3. The molecular formula is C27H34N4O4. The number of aromatic nitrogens is 1. The third-order valence-corrected chi connectivity index (χ3v) is 7.45. The van der Waals surface area contributed by atoms with E-state index in [1.165, 1.54) is 6.42 Å². The van der Waals surface area contributed by atoms with Crippen LogP contribution < -0.4 is 15.4 Å². The second kappa shape index (κ2) is 11.4. The average Bonchev–Trinajstić information content (AvgIpc) is 3.49. The number of benzene rings is 1. The highest BCUT2D eigenvalue weighted by Crippen LogP contribution is 2.32. The number of aromatic amines is 1. The first-order valence-electron chi connectivity index (χ1n) is 12.6. The van der Waals surface area contributed by atoms with Gasteiger partial charge in [-0.15, -0.1) is 0 Å². The molecule has 2 amide bonds. The summed E-state index contributed by atoms with van der Waals surface area (Å²) in [4.78, 5) is 41.7. The standard InChI is InChI=1S/C27H34N4O4/c1-35-25-9-5-8-22-21(25)15-23(31-22)24(32)14-19(12-17-6-3-2-4-7-17)27(34)30-20(16-28)13-18-10-11-29-26(18)33/h5,8-9,15,17-20,31H,2-4,6-7,10-14H2,1H3,(H,29,33)(H,30,34)/t18-,19+,20-/m0/s1. The number of methoxy groups -OCH3 is 1. The zero-order valence-electron chi connectivity index (χ0n) is 20.3. The van der Waals surface area contributed by atoms with Gasteiger partial charge < -0.3 is 20.4 Å². The molecule has 1 aliphatic carbocycles. The van der Waals surface area contributed by atoms with Crippen LogP contribution in [0, 0.1) is 29.1 Å². The molecular weight excluding hydrogens is 444 g/mol. The number of amides is 2. The van der Waals surface area contributed by atoms with Crippen molar-refractivity contribution in [2.75, 3.05) is 13.7 Å². The highest BCUT2D eigenvalue weighted by atomic mass is 16.5. The first kappa shape index (κ1) is 24.8. The minimum atomic E-state index is -0.752. The molecule has 1 aliphatic heterocycles. The van der Waals surface area contributed by atoms with Crippen molar-refractivity contribution in [3.63, 3.8) is 0 Å². The zero-order valence-corrected chi connectivity index (χ0v) is 20.3. The monoisotopic (exact) mass is 478 g/mol. The largest absolute Gasteiger partial charge is 0.496 e. The van der Waals surface area contributed by atoms with Crippen LogP contribution in [0.3, 0.4) is 0 Å². The van der Waals surface area contributed by atoms with Gasteiger partial charge in [0.15, 0.2) is 5.78 Å². The highest BCUT2D eigenvalue weighted by Gasteiger charge is 2.32. The van der Waals surface area contributed by atoms with Gasteiger partial charge in [0, 0.05) is 35.7 Å². The van der Waals surface area contributed by atoms with Crippen LogP contribution in [0.2, 0.25) is 0 Å². The Balaban J connectivity index is 1.48. The first-order valence-corrected chi connectivity index (χ1v) is 12.6. The van der Waals surface area contributed by atoms with Crippen molar-refractivity contribution in [3.05, 3.63) is 30.0 Å². The number of ether oxygens (including phenoxy) is 1. The van der Waals surface area contributed by atoms with Gasteiger partial charge in [0.2, 0.25) is 11.8 Å². The van der Waals surface area contributed by atoms with Crippen molar-refractivity contribution in [2.24, 2.45) is 17.8 Å². The molecule has 2 heterocycles. The topological polar surface area (TPSA) is 124 Å². The number of carbonyl (C=O) groups is 3. The molecule has 2 aromatic rings. The number of H-pyrrole nitrogens is 1. The number of carbonyl (C=O) groups excluding carboxylic acids is 3. The lowest BCUT2D eigenvalue weighted by Gasteiger charge is -2.26. The lowest BCUT2D eigenvalue weighted by atomic mass is 9.80. The van der Waals surface area contributed by atoms with E-state index in [1.807, 2.05) is 18.2 Å². The third kappa shape index (κ3) is 6.02. The number of hydrogen-bond acceptors (Lipinski definition) is 5. The summed E-state index contributed by atoms with van der Waals surface area (Å²) in [5.41, 5.74) is 1.26. The van der Waals surface area contributed by atoms with Crippen LogP contribution in [0.5, 0.6) is 5.75 Å². The van der Waals surface area contributed by atoms with E-state index < -0.39 is 12.0 Å². The summed E-state index contributed by atoms with van der Waals surface area (Å²) in [5.74, 6) is -0.182. The molecule has 0 spiro atoms. The fraction of sp³-hybridized carbons (Fsp3) is 0.556. The Labute approximate surface area is 205 Å². The molecule has 0 bridgehead atoms. The predicted molar refractivity (Wildman–Crippen MR) is 132 cm³/mol. The molecule has 3 atom stereocenters. The van der Waals surface area contributed by atoms with E-state index in [2.05, 4.69) is 21.7 Å². The molecule has 0 radical (unpaired) electrons. The van der Waals surface area contributed by atoms with E-state index in [1.54, 1.807) is 13.2 Å². The maximum Gasteiger partial charge on any atom is 0.224 e. The number of nitriles is 1. The normalized spacial score (nSPS) is 20.1. The highest BCUT2D eigenvalue weighted by molar-refractivity contribution is 6.02. The molecule has 4 rings (SSSR count). The molecule has 1 aromatic carbocycles. The molecule has 186 valence electrons. The Morgan fingerprint density at radius 1 is 1.20 bits per heavy atom. The van der Waals surface area contributed by atoms with Crippen LogP contribution in [0.25, 0.3) is 10.9 Å². The van der Waals surface area contributed by atoms with Crippen LogP contribution in [0.15, 0.2) is 24.3 Å². The van der Waals surface area contributed by atoms with Gasteiger partial charge in [0.25, 0.3) is 0 Å². The SMILES string of the molecule is COc1cccc2[nH]c(C(=O)C[C@@H](CC3CCCCC3)C(=O)N[C@H](C#N)C[C@@H]3CCNC3=O)cc12.